The standard InChI is InChI=1S/C21H18N8/c22-14-17-20-25-9-6-18(16-4-3-7-23-15-16)29(20)26-21(17)28-12-10-27(11-13-28)19-5-1-2-8-24-19/h1-9,15H,10-13H2. The first-order chi connectivity index (χ1) is 14.3. The summed E-state index contributed by atoms with van der Waals surface area (Å²) in [5.41, 5.74) is 2.86. The van der Waals surface area contributed by atoms with Gasteiger partial charge in [0.05, 0.1) is 5.69 Å². The molecule has 8 nitrogen and oxygen atoms in total. The van der Waals surface area contributed by atoms with E-state index in [0.717, 1.165) is 43.3 Å². The minimum atomic E-state index is 0.502. The fourth-order valence-corrected chi connectivity index (χ4v) is 3.68. The van der Waals surface area contributed by atoms with Crippen LogP contribution in [0.1, 0.15) is 5.56 Å². The van der Waals surface area contributed by atoms with Crippen LogP contribution in [0.5, 0.6) is 0 Å². The van der Waals surface area contributed by atoms with Crippen LogP contribution >= 0.6 is 0 Å². The summed E-state index contributed by atoms with van der Waals surface area (Å²) in [7, 11) is 0. The van der Waals surface area contributed by atoms with E-state index < -0.39 is 0 Å². The van der Waals surface area contributed by atoms with Gasteiger partial charge in [0.2, 0.25) is 0 Å². The van der Waals surface area contributed by atoms with Gasteiger partial charge in [-0.15, -0.1) is 5.10 Å². The molecule has 4 aromatic heterocycles. The molecular formula is C21H18N8. The zero-order valence-electron chi connectivity index (χ0n) is 15.7. The number of piperazine rings is 1. The summed E-state index contributed by atoms with van der Waals surface area (Å²) in [5.74, 6) is 1.65. The lowest BCUT2D eigenvalue weighted by Gasteiger charge is -2.35. The van der Waals surface area contributed by atoms with Crippen molar-refractivity contribution in [3.8, 4) is 17.3 Å². The molecule has 142 valence electrons. The van der Waals surface area contributed by atoms with Gasteiger partial charge in [-0.05, 0) is 30.3 Å². The highest BCUT2D eigenvalue weighted by atomic mass is 15.4. The van der Waals surface area contributed by atoms with E-state index >= 15 is 0 Å². The maximum atomic E-state index is 9.82. The molecule has 8 heteroatoms. The molecule has 0 aromatic carbocycles. The molecule has 0 bridgehead atoms. The number of rotatable bonds is 3. The van der Waals surface area contributed by atoms with Crippen LogP contribution in [0.25, 0.3) is 16.9 Å². The van der Waals surface area contributed by atoms with E-state index in [0.29, 0.717) is 17.0 Å². The molecule has 0 amide bonds. The van der Waals surface area contributed by atoms with Crippen LogP contribution < -0.4 is 9.80 Å². The summed E-state index contributed by atoms with van der Waals surface area (Å²) in [6, 6.07) is 14.0. The summed E-state index contributed by atoms with van der Waals surface area (Å²) < 4.78 is 1.75. The topological polar surface area (TPSA) is 86.2 Å². The summed E-state index contributed by atoms with van der Waals surface area (Å²) in [6.45, 7) is 3.16. The SMILES string of the molecule is N#Cc1c(N2CCN(c3ccccn3)CC2)nn2c(-c3cccnc3)ccnc12. The molecule has 1 aliphatic rings. The van der Waals surface area contributed by atoms with Gasteiger partial charge in [0.1, 0.15) is 17.5 Å². The number of nitrogens with zero attached hydrogens (tertiary/aromatic N) is 8. The zero-order chi connectivity index (χ0) is 19.6. The van der Waals surface area contributed by atoms with E-state index in [2.05, 4.69) is 30.8 Å². The Morgan fingerprint density at radius 2 is 1.72 bits per heavy atom. The second-order valence-electron chi connectivity index (χ2n) is 6.78. The normalized spacial score (nSPS) is 14.2. The average Bonchev–Trinajstić information content (AvgIpc) is 3.19. The van der Waals surface area contributed by atoms with Crippen LogP contribution in [0.4, 0.5) is 11.6 Å². The van der Waals surface area contributed by atoms with Crippen molar-refractivity contribution in [2.45, 2.75) is 0 Å². The zero-order valence-corrected chi connectivity index (χ0v) is 15.7. The van der Waals surface area contributed by atoms with Gasteiger partial charge < -0.3 is 9.80 Å². The number of hydrogen-bond acceptors (Lipinski definition) is 7. The molecule has 0 aliphatic carbocycles. The molecular weight excluding hydrogens is 364 g/mol. The van der Waals surface area contributed by atoms with E-state index in [1.165, 1.54) is 0 Å². The monoisotopic (exact) mass is 382 g/mol. The minimum Gasteiger partial charge on any atom is -0.353 e. The van der Waals surface area contributed by atoms with Gasteiger partial charge in [0.25, 0.3) is 0 Å². The van der Waals surface area contributed by atoms with Crippen molar-refractivity contribution in [1.82, 2.24) is 24.6 Å². The first-order valence-electron chi connectivity index (χ1n) is 9.44. The summed E-state index contributed by atoms with van der Waals surface area (Å²) >= 11 is 0. The highest BCUT2D eigenvalue weighted by Gasteiger charge is 2.25. The second kappa shape index (κ2) is 7.20. The predicted octanol–water partition coefficient (Wildman–Crippen LogP) is 2.38. The molecule has 4 aromatic rings. The Labute approximate surface area is 167 Å². The molecule has 0 N–H and O–H groups in total. The maximum absolute atomic E-state index is 9.82. The van der Waals surface area contributed by atoms with Crippen LogP contribution in [0.2, 0.25) is 0 Å². The molecule has 0 spiro atoms. The third kappa shape index (κ3) is 3.02. The molecule has 0 unspecified atom stereocenters. The highest BCUT2D eigenvalue weighted by molar-refractivity contribution is 5.72. The number of aromatic nitrogens is 5. The van der Waals surface area contributed by atoms with Crippen molar-refractivity contribution in [2.24, 2.45) is 0 Å². The van der Waals surface area contributed by atoms with E-state index in [4.69, 9.17) is 5.10 Å². The lowest BCUT2D eigenvalue weighted by molar-refractivity contribution is 0.639. The number of hydrogen-bond donors (Lipinski definition) is 0. The van der Waals surface area contributed by atoms with Crippen LogP contribution in [-0.2, 0) is 0 Å². The molecule has 29 heavy (non-hydrogen) atoms. The summed E-state index contributed by atoms with van der Waals surface area (Å²) in [5, 5.41) is 14.6. The van der Waals surface area contributed by atoms with Crippen molar-refractivity contribution in [2.75, 3.05) is 36.0 Å². The third-order valence-corrected chi connectivity index (χ3v) is 5.12. The molecule has 0 saturated carbocycles. The molecule has 0 radical (unpaired) electrons. The predicted molar refractivity (Wildman–Crippen MR) is 110 cm³/mol. The fourth-order valence-electron chi connectivity index (χ4n) is 3.68. The molecule has 1 fully saturated rings. The van der Waals surface area contributed by atoms with Gasteiger partial charge in [-0.25, -0.2) is 14.5 Å². The number of fused-ring (bicyclic) bond motifs is 1. The average molecular weight is 382 g/mol. The van der Waals surface area contributed by atoms with Crippen LogP contribution in [0.3, 0.4) is 0 Å². The molecule has 0 atom stereocenters. The van der Waals surface area contributed by atoms with Gasteiger partial charge in [-0.2, -0.15) is 5.26 Å². The Hall–Kier alpha value is -3.99. The van der Waals surface area contributed by atoms with E-state index in [1.807, 2.05) is 42.6 Å². The molecule has 1 aliphatic heterocycles. The van der Waals surface area contributed by atoms with Crippen molar-refractivity contribution in [1.29, 1.82) is 5.26 Å². The molecule has 5 rings (SSSR count). The summed E-state index contributed by atoms with van der Waals surface area (Å²) in [4.78, 5) is 17.5. The molecule has 5 heterocycles. The van der Waals surface area contributed by atoms with E-state index in [9.17, 15) is 5.26 Å². The van der Waals surface area contributed by atoms with E-state index in [-0.39, 0.29) is 0 Å². The van der Waals surface area contributed by atoms with Crippen molar-refractivity contribution in [3.05, 3.63) is 66.7 Å². The first kappa shape index (κ1) is 17.1. The number of pyridine rings is 2. The lowest BCUT2D eigenvalue weighted by Crippen LogP contribution is -2.47. The van der Waals surface area contributed by atoms with Gasteiger partial charge in [-0.3, -0.25) is 4.98 Å². The maximum Gasteiger partial charge on any atom is 0.175 e. The first-order valence-corrected chi connectivity index (χ1v) is 9.44. The Balaban J connectivity index is 1.49. The fraction of sp³-hybridized carbons (Fsp3) is 0.190. The van der Waals surface area contributed by atoms with Crippen LogP contribution in [0.15, 0.2) is 61.2 Å². The quantitative estimate of drug-likeness (QED) is 0.538. The lowest BCUT2D eigenvalue weighted by atomic mass is 10.2. The van der Waals surface area contributed by atoms with Crippen molar-refractivity contribution < 1.29 is 0 Å². The largest absolute Gasteiger partial charge is 0.353 e. The highest BCUT2D eigenvalue weighted by Crippen LogP contribution is 2.27. The Morgan fingerprint density at radius 3 is 2.45 bits per heavy atom. The minimum absolute atomic E-state index is 0.502. The van der Waals surface area contributed by atoms with Gasteiger partial charge in [0.15, 0.2) is 11.5 Å². The Kier molecular flexibility index (Phi) is 4.26. The van der Waals surface area contributed by atoms with Crippen molar-refractivity contribution in [3.63, 3.8) is 0 Å². The Morgan fingerprint density at radius 1 is 0.862 bits per heavy atom. The third-order valence-electron chi connectivity index (χ3n) is 5.12. The molecule has 1 saturated heterocycles. The smallest absolute Gasteiger partial charge is 0.175 e. The number of nitriles is 1. The van der Waals surface area contributed by atoms with Gasteiger partial charge in [-0.1, -0.05) is 6.07 Å². The van der Waals surface area contributed by atoms with Crippen LogP contribution in [0, 0.1) is 11.3 Å². The van der Waals surface area contributed by atoms with Crippen LogP contribution in [-0.4, -0.2) is 50.7 Å². The second-order valence-corrected chi connectivity index (χ2v) is 6.78. The Bertz CT molecular complexity index is 1170. The number of anilines is 2. The van der Waals surface area contributed by atoms with Gasteiger partial charge in [0, 0.05) is 56.5 Å². The summed E-state index contributed by atoms with van der Waals surface area (Å²) in [6.07, 6.45) is 7.04. The van der Waals surface area contributed by atoms with Gasteiger partial charge >= 0.3 is 0 Å². The van der Waals surface area contributed by atoms with Crippen molar-refractivity contribution >= 4 is 17.3 Å². The van der Waals surface area contributed by atoms with E-state index in [1.54, 1.807) is 23.1 Å².